The summed E-state index contributed by atoms with van der Waals surface area (Å²) in [6, 6.07) is 20.7. The molecule has 2 aromatic heterocycles. The fourth-order valence-corrected chi connectivity index (χ4v) is 3.34. The molecular weight excluding hydrogens is 444 g/mol. The molecule has 0 amide bonds. The first-order valence-corrected chi connectivity index (χ1v) is 11.5. The summed E-state index contributed by atoms with van der Waals surface area (Å²) in [5.41, 5.74) is 2.32. The molecular formula is C26H28N6O3. The van der Waals surface area contributed by atoms with Crippen molar-refractivity contribution < 1.29 is 14.3 Å². The maximum absolute atomic E-state index is 13.1. The van der Waals surface area contributed by atoms with Gasteiger partial charge < -0.3 is 20.1 Å². The minimum Gasteiger partial charge on any atom is -0.494 e. The minimum atomic E-state index is -0.374. The third kappa shape index (κ3) is 6.35. The van der Waals surface area contributed by atoms with E-state index in [0.29, 0.717) is 38.2 Å². The van der Waals surface area contributed by atoms with Crippen LogP contribution in [0.2, 0.25) is 0 Å². The van der Waals surface area contributed by atoms with Gasteiger partial charge in [0, 0.05) is 19.3 Å². The lowest BCUT2D eigenvalue weighted by Crippen LogP contribution is -2.18. The monoisotopic (exact) mass is 472 g/mol. The molecule has 0 saturated heterocycles. The van der Waals surface area contributed by atoms with Gasteiger partial charge in [0.15, 0.2) is 0 Å². The van der Waals surface area contributed by atoms with Gasteiger partial charge in [0.05, 0.1) is 13.2 Å². The van der Waals surface area contributed by atoms with Gasteiger partial charge >= 0.3 is 0 Å². The number of benzene rings is 2. The van der Waals surface area contributed by atoms with Gasteiger partial charge in [-0.05, 0) is 61.4 Å². The highest BCUT2D eigenvalue weighted by Gasteiger charge is 2.18. The van der Waals surface area contributed by atoms with Crippen LogP contribution < -0.4 is 20.1 Å². The molecule has 9 nitrogen and oxygen atoms in total. The molecule has 2 heterocycles. The van der Waals surface area contributed by atoms with Crippen molar-refractivity contribution in [2.75, 3.05) is 23.8 Å². The highest BCUT2D eigenvalue weighted by Crippen LogP contribution is 2.17. The Kier molecular flexibility index (Phi) is 7.90. The molecule has 0 spiro atoms. The quantitative estimate of drug-likeness (QED) is 0.331. The second-order valence-electron chi connectivity index (χ2n) is 7.55. The number of anilines is 2. The molecule has 9 heteroatoms. The Labute approximate surface area is 204 Å². The lowest BCUT2D eigenvalue weighted by atomic mass is 10.2. The van der Waals surface area contributed by atoms with E-state index in [-0.39, 0.29) is 11.6 Å². The smallest absolute Gasteiger partial charge is 0.300 e. The van der Waals surface area contributed by atoms with E-state index in [9.17, 15) is 4.79 Å². The summed E-state index contributed by atoms with van der Waals surface area (Å²) in [7, 11) is 0. The number of nitrogens with one attached hydrogen (secondary N) is 2. The van der Waals surface area contributed by atoms with Crippen LogP contribution in [0.5, 0.6) is 11.5 Å². The molecule has 2 N–H and O–H groups in total. The second-order valence-corrected chi connectivity index (χ2v) is 7.55. The molecule has 0 aliphatic rings. The molecule has 2 aromatic carbocycles. The van der Waals surface area contributed by atoms with E-state index in [1.54, 1.807) is 24.4 Å². The summed E-state index contributed by atoms with van der Waals surface area (Å²) in [4.78, 5) is 21.7. The number of carbonyl (C=O) groups is 1. The highest BCUT2D eigenvalue weighted by atomic mass is 16.5. The molecule has 4 aromatic rings. The molecule has 0 bridgehead atoms. The third-order valence-corrected chi connectivity index (χ3v) is 5.05. The van der Waals surface area contributed by atoms with E-state index in [2.05, 4.69) is 25.7 Å². The van der Waals surface area contributed by atoms with Crippen LogP contribution in [0.15, 0.2) is 72.9 Å². The molecule has 0 unspecified atom stereocenters. The van der Waals surface area contributed by atoms with E-state index in [1.807, 2.05) is 62.4 Å². The van der Waals surface area contributed by atoms with Crippen LogP contribution in [-0.2, 0) is 13.1 Å². The van der Waals surface area contributed by atoms with E-state index in [1.165, 1.54) is 4.68 Å². The predicted octanol–water partition coefficient (Wildman–Crippen LogP) is 4.38. The fraction of sp³-hybridized carbons (Fsp3) is 0.231. The summed E-state index contributed by atoms with van der Waals surface area (Å²) >= 11 is 0. The number of hydrogen-bond acceptors (Lipinski definition) is 8. The Morgan fingerprint density at radius 2 is 1.43 bits per heavy atom. The van der Waals surface area contributed by atoms with Crippen LogP contribution in [-0.4, -0.2) is 38.9 Å². The Balaban J connectivity index is 1.50. The van der Waals surface area contributed by atoms with Gasteiger partial charge in [0.25, 0.3) is 5.91 Å². The van der Waals surface area contributed by atoms with Crippen LogP contribution in [0.4, 0.5) is 11.9 Å². The summed E-state index contributed by atoms with van der Waals surface area (Å²) < 4.78 is 12.2. The van der Waals surface area contributed by atoms with E-state index >= 15 is 0 Å². The topological polar surface area (TPSA) is 103 Å². The van der Waals surface area contributed by atoms with Crippen LogP contribution in [0, 0.1) is 0 Å². The lowest BCUT2D eigenvalue weighted by Gasteiger charge is -2.08. The van der Waals surface area contributed by atoms with Gasteiger partial charge in [-0.1, -0.05) is 30.3 Å². The van der Waals surface area contributed by atoms with Gasteiger partial charge in [-0.3, -0.25) is 9.78 Å². The predicted molar refractivity (Wildman–Crippen MR) is 134 cm³/mol. The zero-order chi connectivity index (χ0) is 24.5. The second kappa shape index (κ2) is 11.6. The molecule has 0 atom stereocenters. The van der Waals surface area contributed by atoms with Gasteiger partial charge in [-0.15, -0.1) is 5.10 Å². The number of hydrogen-bond donors (Lipinski definition) is 2. The maximum atomic E-state index is 13.1. The zero-order valence-corrected chi connectivity index (χ0v) is 19.8. The van der Waals surface area contributed by atoms with Crippen molar-refractivity contribution in [3.63, 3.8) is 0 Å². The van der Waals surface area contributed by atoms with Crippen LogP contribution in [0.25, 0.3) is 0 Å². The summed E-state index contributed by atoms with van der Waals surface area (Å²) in [6.07, 6.45) is 1.57. The normalized spacial score (nSPS) is 10.6. The molecule has 0 saturated carbocycles. The average molecular weight is 473 g/mol. The highest BCUT2D eigenvalue weighted by molar-refractivity contribution is 5.95. The molecule has 4 rings (SSSR count). The Morgan fingerprint density at radius 3 is 1.97 bits per heavy atom. The van der Waals surface area contributed by atoms with Crippen LogP contribution in [0.1, 0.15) is 35.5 Å². The van der Waals surface area contributed by atoms with Crippen molar-refractivity contribution in [2.24, 2.45) is 0 Å². The van der Waals surface area contributed by atoms with E-state index in [4.69, 9.17) is 9.47 Å². The number of carbonyl (C=O) groups excluding carboxylic acids is 1. The van der Waals surface area contributed by atoms with Gasteiger partial charge in [0.2, 0.25) is 11.9 Å². The number of ether oxygens (including phenoxy) is 2. The Bertz CT molecular complexity index is 1220. The molecule has 0 fully saturated rings. The number of rotatable bonds is 11. The summed E-state index contributed by atoms with van der Waals surface area (Å²) in [5.74, 6) is 1.91. The summed E-state index contributed by atoms with van der Waals surface area (Å²) in [5, 5.41) is 10.8. The van der Waals surface area contributed by atoms with Gasteiger partial charge in [0.1, 0.15) is 17.2 Å². The Morgan fingerprint density at radius 1 is 0.829 bits per heavy atom. The number of aromatic nitrogens is 4. The first-order chi connectivity index (χ1) is 17.2. The van der Waals surface area contributed by atoms with Gasteiger partial charge in [-0.2, -0.15) is 9.67 Å². The molecule has 0 aliphatic carbocycles. The average Bonchev–Trinajstić information content (AvgIpc) is 3.31. The van der Waals surface area contributed by atoms with Crippen molar-refractivity contribution in [1.82, 2.24) is 19.7 Å². The number of nitrogens with zero attached hydrogens (tertiary/aromatic N) is 4. The minimum absolute atomic E-state index is 0.277. The molecule has 35 heavy (non-hydrogen) atoms. The first kappa shape index (κ1) is 23.7. The van der Waals surface area contributed by atoms with Crippen molar-refractivity contribution in [2.45, 2.75) is 26.9 Å². The molecule has 0 radical (unpaired) electrons. The first-order valence-electron chi connectivity index (χ1n) is 11.5. The maximum Gasteiger partial charge on any atom is 0.300 e. The van der Waals surface area contributed by atoms with Gasteiger partial charge in [-0.25, -0.2) is 0 Å². The number of pyridine rings is 1. The molecule has 180 valence electrons. The third-order valence-electron chi connectivity index (χ3n) is 5.05. The SMILES string of the molecule is CCOc1ccc(CNc2nc(NCc3ccc(OCC)cc3)n(C(=O)c3ccccn3)n2)cc1. The van der Waals surface area contributed by atoms with Crippen molar-refractivity contribution in [3.8, 4) is 11.5 Å². The Hall–Kier alpha value is -4.40. The van der Waals surface area contributed by atoms with E-state index < -0.39 is 0 Å². The van der Waals surface area contributed by atoms with Crippen molar-refractivity contribution >= 4 is 17.8 Å². The van der Waals surface area contributed by atoms with Crippen molar-refractivity contribution in [1.29, 1.82) is 0 Å². The van der Waals surface area contributed by atoms with E-state index in [0.717, 1.165) is 22.6 Å². The summed E-state index contributed by atoms with van der Waals surface area (Å²) in [6.45, 7) is 6.08. The van der Waals surface area contributed by atoms with Crippen molar-refractivity contribution in [3.05, 3.63) is 89.7 Å². The van der Waals surface area contributed by atoms with Crippen LogP contribution >= 0.6 is 0 Å². The zero-order valence-electron chi connectivity index (χ0n) is 19.8. The van der Waals surface area contributed by atoms with Crippen LogP contribution in [0.3, 0.4) is 0 Å². The molecule has 0 aliphatic heterocycles. The standard InChI is InChI=1S/C26H28N6O3/c1-3-34-21-12-8-19(9-13-21)17-28-25-30-26(29-18-20-10-14-22(15-11-20)35-4-2)32(31-25)24(33)23-7-5-6-16-27-23/h5-16H,3-4,17-18H2,1-2H3,(H2,28,29,30,31). The fourth-order valence-electron chi connectivity index (χ4n) is 3.34. The lowest BCUT2D eigenvalue weighted by molar-refractivity contribution is 0.0942. The largest absolute Gasteiger partial charge is 0.494 e.